The van der Waals surface area contributed by atoms with Crippen molar-refractivity contribution in [2.24, 2.45) is 0 Å². The van der Waals surface area contributed by atoms with Crippen molar-refractivity contribution in [2.75, 3.05) is 19.6 Å². The lowest BCUT2D eigenvalue weighted by Crippen LogP contribution is -2.41. The maximum atomic E-state index is 4.47. The summed E-state index contributed by atoms with van der Waals surface area (Å²) < 4.78 is 0. The van der Waals surface area contributed by atoms with Gasteiger partial charge in [-0.2, -0.15) is 0 Å². The summed E-state index contributed by atoms with van der Waals surface area (Å²) >= 11 is 1.75. The fraction of sp³-hybridized carbons (Fsp3) is 0.769. The van der Waals surface area contributed by atoms with Crippen molar-refractivity contribution in [3.63, 3.8) is 0 Å². The van der Waals surface area contributed by atoms with Gasteiger partial charge in [0.25, 0.3) is 0 Å². The van der Waals surface area contributed by atoms with Crippen LogP contribution in [0.4, 0.5) is 0 Å². The molecule has 1 aromatic rings. The van der Waals surface area contributed by atoms with Crippen molar-refractivity contribution < 1.29 is 0 Å². The van der Waals surface area contributed by atoms with Gasteiger partial charge in [0.1, 0.15) is 5.01 Å². The fourth-order valence-electron chi connectivity index (χ4n) is 2.34. The molecule has 2 rings (SSSR count). The Morgan fingerprint density at radius 3 is 2.82 bits per heavy atom. The van der Waals surface area contributed by atoms with Crippen molar-refractivity contribution >= 4 is 11.3 Å². The van der Waals surface area contributed by atoms with Crippen LogP contribution in [0.3, 0.4) is 0 Å². The third-order valence-electron chi connectivity index (χ3n) is 3.25. The Hall–Kier alpha value is -0.450. The van der Waals surface area contributed by atoms with Crippen LogP contribution in [0.1, 0.15) is 36.9 Å². The topological polar surface area (TPSA) is 28.2 Å². The maximum Gasteiger partial charge on any atom is 0.107 e. The molecule has 0 aromatic carbocycles. The molecule has 1 aliphatic rings. The SMILES string of the molecule is Cc1csc(CNC(C)CN2CCCCC2)n1. The normalized spacial score (nSPS) is 19.4. The standard InChI is InChI=1S/C13H23N3S/c1-11(9-16-6-4-3-5-7-16)14-8-13-15-12(2)10-17-13/h10-11,14H,3-9H2,1-2H3. The number of nitrogens with one attached hydrogen (secondary N) is 1. The minimum atomic E-state index is 0.553. The van der Waals surface area contributed by atoms with Crippen LogP contribution in [0.25, 0.3) is 0 Å². The van der Waals surface area contributed by atoms with Gasteiger partial charge in [0, 0.05) is 30.2 Å². The van der Waals surface area contributed by atoms with Crippen LogP contribution >= 0.6 is 11.3 Å². The number of hydrogen-bond acceptors (Lipinski definition) is 4. The largest absolute Gasteiger partial charge is 0.307 e. The predicted molar refractivity (Wildman–Crippen MR) is 73.4 cm³/mol. The second kappa shape index (κ2) is 6.47. The number of hydrogen-bond donors (Lipinski definition) is 1. The van der Waals surface area contributed by atoms with Gasteiger partial charge in [-0.05, 0) is 39.8 Å². The Bertz CT molecular complexity index is 331. The summed E-state index contributed by atoms with van der Waals surface area (Å²) in [5.74, 6) is 0. The zero-order valence-corrected chi connectivity index (χ0v) is 11.7. The molecule has 96 valence electrons. The fourth-order valence-corrected chi connectivity index (χ4v) is 3.06. The van der Waals surface area contributed by atoms with Gasteiger partial charge in [-0.3, -0.25) is 0 Å². The molecule has 0 aliphatic carbocycles. The number of rotatable bonds is 5. The molecule has 0 spiro atoms. The van der Waals surface area contributed by atoms with E-state index in [0.717, 1.165) is 12.2 Å². The van der Waals surface area contributed by atoms with E-state index in [2.05, 4.69) is 34.4 Å². The Morgan fingerprint density at radius 1 is 1.41 bits per heavy atom. The first-order chi connectivity index (χ1) is 8.24. The molecular weight excluding hydrogens is 230 g/mol. The van der Waals surface area contributed by atoms with Crippen molar-refractivity contribution in [1.29, 1.82) is 0 Å². The van der Waals surface area contributed by atoms with Gasteiger partial charge in [0.05, 0.1) is 0 Å². The summed E-state index contributed by atoms with van der Waals surface area (Å²) in [6, 6.07) is 0.553. The van der Waals surface area contributed by atoms with E-state index in [4.69, 9.17) is 0 Å². The number of piperidine rings is 1. The number of nitrogens with zero attached hydrogens (tertiary/aromatic N) is 2. The quantitative estimate of drug-likeness (QED) is 0.873. The molecule has 1 saturated heterocycles. The van der Waals surface area contributed by atoms with Crippen molar-refractivity contribution in [3.05, 3.63) is 16.1 Å². The monoisotopic (exact) mass is 253 g/mol. The molecule has 4 heteroatoms. The molecule has 1 N–H and O–H groups in total. The van der Waals surface area contributed by atoms with E-state index >= 15 is 0 Å². The van der Waals surface area contributed by atoms with Gasteiger partial charge in [0.15, 0.2) is 0 Å². The molecule has 1 unspecified atom stereocenters. The lowest BCUT2D eigenvalue weighted by molar-refractivity contribution is 0.209. The first kappa shape index (κ1) is 13.0. The lowest BCUT2D eigenvalue weighted by Gasteiger charge is -2.29. The molecule has 1 aliphatic heterocycles. The van der Waals surface area contributed by atoms with Crippen molar-refractivity contribution in [2.45, 2.75) is 45.7 Å². The highest BCUT2D eigenvalue weighted by atomic mass is 32.1. The molecule has 3 nitrogen and oxygen atoms in total. The van der Waals surface area contributed by atoms with Crippen LogP contribution in [-0.4, -0.2) is 35.6 Å². The molecule has 1 aromatic heterocycles. The van der Waals surface area contributed by atoms with Gasteiger partial charge >= 0.3 is 0 Å². The van der Waals surface area contributed by atoms with Gasteiger partial charge < -0.3 is 10.2 Å². The number of aryl methyl sites for hydroxylation is 1. The summed E-state index contributed by atoms with van der Waals surface area (Å²) in [7, 11) is 0. The Kier molecular flexibility index (Phi) is 4.95. The van der Waals surface area contributed by atoms with Crippen LogP contribution in [-0.2, 0) is 6.54 Å². The average molecular weight is 253 g/mol. The van der Waals surface area contributed by atoms with Crippen LogP contribution in [0.15, 0.2) is 5.38 Å². The lowest BCUT2D eigenvalue weighted by atomic mass is 10.1. The van der Waals surface area contributed by atoms with Gasteiger partial charge in [0.2, 0.25) is 0 Å². The Balaban J connectivity index is 1.68. The van der Waals surface area contributed by atoms with Gasteiger partial charge in [-0.1, -0.05) is 6.42 Å². The first-order valence-electron chi connectivity index (χ1n) is 6.61. The summed E-state index contributed by atoms with van der Waals surface area (Å²) in [5.41, 5.74) is 1.13. The van der Waals surface area contributed by atoms with Crippen LogP contribution in [0, 0.1) is 6.92 Å². The maximum absolute atomic E-state index is 4.47. The molecule has 2 heterocycles. The molecule has 0 amide bonds. The summed E-state index contributed by atoms with van der Waals surface area (Å²) in [6.45, 7) is 8.97. The second-order valence-electron chi connectivity index (χ2n) is 5.03. The van der Waals surface area contributed by atoms with E-state index in [1.54, 1.807) is 11.3 Å². The summed E-state index contributed by atoms with van der Waals surface area (Å²) in [4.78, 5) is 7.05. The summed E-state index contributed by atoms with van der Waals surface area (Å²) in [5, 5.41) is 6.89. The van der Waals surface area contributed by atoms with Crippen LogP contribution < -0.4 is 5.32 Å². The minimum Gasteiger partial charge on any atom is -0.307 e. The minimum absolute atomic E-state index is 0.553. The number of thiazole rings is 1. The molecule has 0 radical (unpaired) electrons. The van der Waals surface area contributed by atoms with Crippen LogP contribution in [0.5, 0.6) is 0 Å². The Labute approximate surface area is 108 Å². The molecular formula is C13H23N3S. The third kappa shape index (κ3) is 4.37. The molecule has 17 heavy (non-hydrogen) atoms. The summed E-state index contributed by atoms with van der Waals surface area (Å²) in [6.07, 6.45) is 4.16. The van der Waals surface area contributed by atoms with Crippen molar-refractivity contribution in [1.82, 2.24) is 15.2 Å². The van der Waals surface area contributed by atoms with E-state index in [0.29, 0.717) is 6.04 Å². The van der Waals surface area contributed by atoms with Gasteiger partial charge in [-0.25, -0.2) is 4.98 Å². The highest BCUT2D eigenvalue weighted by Gasteiger charge is 2.13. The third-order valence-corrected chi connectivity index (χ3v) is 4.22. The molecule has 1 atom stereocenters. The van der Waals surface area contributed by atoms with Gasteiger partial charge in [-0.15, -0.1) is 11.3 Å². The Morgan fingerprint density at radius 2 is 2.18 bits per heavy atom. The predicted octanol–water partition coefficient (Wildman–Crippen LogP) is 2.42. The van der Waals surface area contributed by atoms with E-state index < -0.39 is 0 Å². The van der Waals surface area contributed by atoms with E-state index in [-0.39, 0.29) is 0 Å². The molecule has 0 saturated carbocycles. The second-order valence-corrected chi connectivity index (χ2v) is 5.97. The van der Waals surface area contributed by atoms with Crippen LogP contribution in [0.2, 0.25) is 0 Å². The smallest absolute Gasteiger partial charge is 0.107 e. The van der Waals surface area contributed by atoms with E-state index in [9.17, 15) is 0 Å². The zero-order chi connectivity index (χ0) is 12.1. The number of aromatic nitrogens is 1. The van der Waals surface area contributed by atoms with E-state index in [1.165, 1.54) is 43.9 Å². The average Bonchev–Trinajstić information content (AvgIpc) is 2.74. The van der Waals surface area contributed by atoms with E-state index in [1.807, 2.05) is 0 Å². The molecule has 0 bridgehead atoms. The number of likely N-dealkylation sites (tertiary alicyclic amines) is 1. The highest BCUT2D eigenvalue weighted by molar-refractivity contribution is 7.09. The zero-order valence-electron chi connectivity index (χ0n) is 10.9. The first-order valence-corrected chi connectivity index (χ1v) is 7.49. The highest BCUT2D eigenvalue weighted by Crippen LogP contribution is 2.10. The molecule has 1 fully saturated rings. The van der Waals surface area contributed by atoms with Crippen molar-refractivity contribution in [3.8, 4) is 0 Å².